The molecule has 2 atom stereocenters. The highest BCUT2D eigenvalue weighted by atomic mass is 19.1. The molecular weight excluding hydrogens is 365 g/mol. The van der Waals surface area contributed by atoms with Crippen LogP contribution in [0.25, 0.3) is 0 Å². The van der Waals surface area contributed by atoms with E-state index in [1.165, 1.54) is 17.0 Å². The van der Waals surface area contributed by atoms with Crippen LogP contribution >= 0.6 is 0 Å². The summed E-state index contributed by atoms with van der Waals surface area (Å²) in [5, 5.41) is 5.51. The Morgan fingerprint density at radius 2 is 1.93 bits per heavy atom. The molecule has 3 rings (SSSR count). The molecule has 2 aliphatic heterocycles. The van der Waals surface area contributed by atoms with E-state index < -0.39 is 28.8 Å². The van der Waals surface area contributed by atoms with E-state index in [-0.39, 0.29) is 11.7 Å². The Balaban J connectivity index is 1.67. The Hall–Kier alpha value is -2.48. The fraction of sp³-hybridized carbons (Fsp3) is 0.550. The van der Waals surface area contributed by atoms with Crippen molar-refractivity contribution in [2.24, 2.45) is 5.41 Å². The fourth-order valence-electron chi connectivity index (χ4n) is 3.61. The lowest BCUT2D eigenvalue weighted by atomic mass is 9.82. The summed E-state index contributed by atoms with van der Waals surface area (Å²) in [4.78, 5) is 39.3. The third-order valence-corrected chi connectivity index (χ3v) is 5.91. The lowest BCUT2D eigenvalue weighted by molar-refractivity contribution is -0.151. The molecule has 0 saturated carbocycles. The van der Waals surface area contributed by atoms with E-state index in [1.54, 1.807) is 26.8 Å². The minimum atomic E-state index is -0.859. The summed E-state index contributed by atoms with van der Waals surface area (Å²) in [5.74, 6) is -1.93. The average Bonchev–Trinajstić information content (AvgIpc) is 2.92. The number of benzene rings is 1. The molecule has 2 heterocycles. The van der Waals surface area contributed by atoms with Crippen molar-refractivity contribution in [3.63, 3.8) is 0 Å². The van der Waals surface area contributed by atoms with Crippen LogP contribution in [0.4, 0.5) is 10.1 Å². The van der Waals surface area contributed by atoms with E-state index in [0.717, 1.165) is 0 Å². The van der Waals surface area contributed by atoms with Gasteiger partial charge in [0.25, 0.3) is 0 Å². The molecule has 152 valence electrons. The van der Waals surface area contributed by atoms with Gasteiger partial charge in [-0.25, -0.2) is 4.39 Å². The number of amides is 3. The van der Waals surface area contributed by atoms with Crippen LogP contribution < -0.4 is 10.6 Å². The summed E-state index contributed by atoms with van der Waals surface area (Å²) in [6.45, 7) is 8.04. The number of anilines is 1. The number of halogens is 1. The second-order valence-electron chi connectivity index (χ2n) is 8.27. The van der Waals surface area contributed by atoms with E-state index in [4.69, 9.17) is 4.74 Å². The summed E-state index contributed by atoms with van der Waals surface area (Å²) >= 11 is 0. The zero-order valence-corrected chi connectivity index (χ0v) is 16.6. The van der Waals surface area contributed by atoms with E-state index >= 15 is 0 Å². The second-order valence-corrected chi connectivity index (χ2v) is 8.27. The molecule has 3 amide bonds. The van der Waals surface area contributed by atoms with E-state index in [0.29, 0.717) is 37.4 Å². The van der Waals surface area contributed by atoms with Crippen molar-refractivity contribution in [2.45, 2.75) is 45.7 Å². The smallest absolute Gasteiger partial charge is 0.312 e. The Morgan fingerprint density at radius 1 is 1.25 bits per heavy atom. The highest BCUT2D eigenvalue weighted by molar-refractivity contribution is 6.35. The number of likely N-dealkylation sites (tertiary alicyclic amines) is 1. The van der Waals surface area contributed by atoms with E-state index in [9.17, 15) is 18.8 Å². The Morgan fingerprint density at radius 3 is 2.50 bits per heavy atom. The molecule has 8 heteroatoms. The van der Waals surface area contributed by atoms with Gasteiger partial charge in [0, 0.05) is 18.3 Å². The number of aryl methyl sites for hydroxylation is 1. The number of hydrogen-bond donors (Lipinski definition) is 2. The minimum Gasteiger partial charge on any atom is -0.376 e. The average molecular weight is 391 g/mol. The van der Waals surface area contributed by atoms with Gasteiger partial charge in [-0.15, -0.1) is 0 Å². The summed E-state index contributed by atoms with van der Waals surface area (Å²) in [7, 11) is 0. The fourth-order valence-corrected chi connectivity index (χ4v) is 3.61. The highest BCUT2D eigenvalue weighted by Crippen LogP contribution is 2.38. The molecule has 0 bridgehead atoms. The molecule has 0 spiro atoms. The number of nitrogens with zero attached hydrogens (tertiary/aromatic N) is 1. The van der Waals surface area contributed by atoms with Crippen molar-refractivity contribution < 1.29 is 23.5 Å². The monoisotopic (exact) mass is 391 g/mol. The zero-order valence-electron chi connectivity index (χ0n) is 16.6. The standard InChI is InChI=1S/C20H26FN3O4/c1-12-9-14(5-6-15(12)21)22-18(27)20(4)7-8-24(13(20)2)17(26)16(25)23-19(3)10-28-11-19/h5-6,9,13H,7-8,10-11H2,1-4H3,(H,22,27)(H,23,25). The van der Waals surface area contributed by atoms with Gasteiger partial charge in [0.1, 0.15) is 5.82 Å². The molecule has 0 aromatic heterocycles. The quantitative estimate of drug-likeness (QED) is 0.767. The van der Waals surface area contributed by atoms with E-state index in [2.05, 4.69) is 10.6 Å². The van der Waals surface area contributed by atoms with Gasteiger partial charge in [-0.1, -0.05) is 0 Å². The Kier molecular flexibility index (Phi) is 5.18. The van der Waals surface area contributed by atoms with E-state index in [1.807, 2.05) is 6.92 Å². The lowest BCUT2D eigenvalue weighted by Gasteiger charge is -2.39. The van der Waals surface area contributed by atoms with Crippen molar-refractivity contribution in [2.75, 3.05) is 25.1 Å². The summed E-state index contributed by atoms with van der Waals surface area (Å²) in [6.07, 6.45) is 0.430. The van der Waals surface area contributed by atoms with Gasteiger partial charge in [0.05, 0.1) is 24.2 Å². The normalized spacial score (nSPS) is 25.8. The largest absolute Gasteiger partial charge is 0.376 e. The van der Waals surface area contributed by atoms with Gasteiger partial charge >= 0.3 is 11.8 Å². The van der Waals surface area contributed by atoms with Crippen LogP contribution in [-0.2, 0) is 19.1 Å². The van der Waals surface area contributed by atoms with Crippen molar-refractivity contribution in [1.82, 2.24) is 10.2 Å². The van der Waals surface area contributed by atoms with Crippen molar-refractivity contribution in [3.05, 3.63) is 29.6 Å². The molecule has 2 aliphatic rings. The molecule has 28 heavy (non-hydrogen) atoms. The Labute approximate surface area is 163 Å². The molecule has 2 fully saturated rings. The maximum Gasteiger partial charge on any atom is 0.312 e. The van der Waals surface area contributed by atoms with Gasteiger partial charge in [0.15, 0.2) is 0 Å². The van der Waals surface area contributed by atoms with Crippen LogP contribution in [0.1, 0.15) is 32.8 Å². The van der Waals surface area contributed by atoms with Gasteiger partial charge in [-0.05, 0) is 57.9 Å². The van der Waals surface area contributed by atoms with Crippen LogP contribution in [0.5, 0.6) is 0 Å². The molecule has 7 nitrogen and oxygen atoms in total. The third-order valence-electron chi connectivity index (χ3n) is 5.91. The SMILES string of the molecule is Cc1cc(NC(=O)C2(C)CCN(C(=O)C(=O)NC3(C)COC3)C2C)ccc1F. The summed E-state index contributed by atoms with van der Waals surface area (Å²) in [6, 6.07) is 3.91. The highest BCUT2D eigenvalue weighted by Gasteiger charge is 2.50. The lowest BCUT2D eigenvalue weighted by Crippen LogP contribution is -2.62. The van der Waals surface area contributed by atoms with Crippen LogP contribution in [0, 0.1) is 18.2 Å². The number of carbonyl (C=O) groups is 3. The first-order valence-corrected chi connectivity index (χ1v) is 9.34. The number of rotatable bonds is 3. The topological polar surface area (TPSA) is 87.7 Å². The first-order valence-electron chi connectivity index (χ1n) is 9.34. The zero-order chi connectivity index (χ0) is 20.7. The Bertz CT molecular complexity index is 824. The van der Waals surface area contributed by atoms with Crippen LogP contribution in [0.3, 0.4) is 0 Å². The maximum atomic E-state index is 13.4. The number of ether oxygens (including phenoxy) is 1. The van der Waals surface area contributed by atoms with Crippen LogP contribution in [0.15, 0.2) is 18.2 Å². The number of carbonyl (C=O) groups excluding carboxylic acids is 3. The van der Waals surface area contributed by atoms with Gasteiger partial charge in [0.2, 0.25) is 5.91 Å². The first kappa shape index (κ1) is 20.3. The molecule has 1 aromatic carbocycles. The molecule has 2 saturated heterocycles. The molecular formula is C20H26FN3O4. The van der Waals surface area contributed by atoms with Gasteiger partial charge < -0.3 is 20.3 Å². The van der Waals surface area contributed by atoms with Gasteiger partial charge in [-0.3, -0.25) is 14.4 Å². The van der Waals surface area contributed by atoms with Gasteiger partial charge in [-0.2, -0.15) is 0 Å². The van der Waals surface area contributed by atoms with Crippen molar-refractivity contribution >= 4 is 23.4 Å². The molecule has 0 radical (unpaired) electrons. The molecule has 2 N–H and O–H groups in total. The molecule has 0 aliphatic carbocycles. The predicted octanol–water partition coefficient (Wildman–Crippen LogP) is 1.60. The summed E-state index contributed by atoms with van der Waals surface area (Å²) in [5.41, 5.74) is -0.444. The van der Waals surface area contributed by atoms with Crippen molar-refractivity contribution in [3.8, 4) is 0 Å². The molecule has 1 aromatic rings. The molecule has 2 unspecified atom stereocenters. The van der Waals surface area contributed by atoms with Crippen LogP contribution in [0.2, 0.25) is 0 Å². The van der Waals surface area contributed by atoms with Crippen LogP contribution in [-0.4, -0.2) is 54.0 Å². The second kappa shape index (κ2) is 7.16. The predicted molar refractivity (Wildman–Crippen MR) is 101 cm³/mol. The minimum absolute atomic E-state index is 0.263. The number of nitrogens with one attached hydrogen (secondary N) is 2. The number of hydrogen-bond acceptors (Lipinski definition) is 4. The third kappa shape index (κ3) is 3.61. The maximum absolute atomic E-state index is 13.4. The van der Waals surface area contributed by atoms with Crippen molar-refractivity contribution in [1.29, 1.82) is 0 Å². The summed E-state index contributed by atoms with van der Waals surface area (Å²) < 4.78 is 18.5. The first-order chi connectivity index (χ1) is 13.1.